The second kappa shape index (κ2) is 4.60. The molecule has 4 nitrogen and oxygen atoms in total. The lowest BCUT2D eigenvalue weighted by Crippen LogP contribution is -2.08. The lowest BCUT2D eigenvalue weighted by Gasteiger charge is -2.09. The molecule has 86 valence electrons. The van der Waals surface area contributed by atoms with Crippen LogP contribution in [0.25, 0.3) is 0 Å². The maximum Gasteiger partial charge on any atom is 0.217 e. The first kappa shape index (κ1) is 11.0. The number of rotatable bonds is 5. The number of carbonyl (C=O) groups excluding carboxylic acids is 1. The summed E-state index contributed by atoms with van der Waals surface area (Å²) in [6.45, 7) is 4.76. The molecule has 4 heteroatoms. The van der Waals surface area contributed by atoms with E-state index in [9.17, 15) is 4.79 Å². The fourth-order valence-electron chi connectivity index (χ4n) is 1.43. The Morgan fingerprint density at radius 1 is 1.50 bits per heavy atom. The van der Waals surface area contributed by atoms with Gasteiger partial charge in [-0.15, -0.1) is 0 Å². The quantitative estimate of drug-likeness (QED) is 0.714. The van der Waals surface area contributed by atoms with Gasteiger partial charge in [0, 0.05) is 12.0 Å². The van der Waals surface area contributed by atoms with Crippen LogP contribution in [0.5, 0.6) is 5.88 Å². The van der Waals surface area contributed by atoms with Crippen LogP contribution >= 0.6 is 0 Å². The Labute approximate surface area is 95.1 Å². The summed E-state index contributed by atoms with van der Waals surface area (Å²) in [5.41, 5.74) is 0.941. The van der Waals surface area contributed by atoms with Gasteiger partial charge in [-0.05, 0) is 18.8 Å². The van der Waals surface area contributed by atoms with Crippen molar-refractivity contribution in [2.24, 2.45) is 5.92 Å². The highest BCUT2D eigenvalue weighted by atomic mass is 16.5. The molecule has 16 heavy (non-hydrogen) atoms. The Bertz CT molecular complexity index is 387. The zero-order valence-corrected chi connectivity index (χ0v) is 9.64. The summed E-state index contributed by atoms with van der Waals surface area (Å²) in [5, 5.41) is 0. The predicted octanol–water partition coefficient (Wildman–Crippen LogP) is 2.20. The van der Waals surface area contributed by atoms with E-state index in [0.29, 0.717) is 30.6 Å². The van der Waals surface area contributed by atoms with Crippen molar-refractivity contribution in [2.75, 3.05) is 6.61 Å². The summed E-state index contributed by atoms with van der Waals surface area (Å²) in [7, 11) is 0. The van der Waals surface area contributed by atoms with Crippen LogP contribution < -0.4 is 4.74 Å². The summed E-state index contributed by atoms with van der Waals surface area (Å²) >= 11 is 0. The second-order valence-electron chi connectivity index (χ2n) is 4.59. The average molecular weight is 220 g/mol. The van der Waals surface area contributed by atoms with Crippen LogP contribution in [-0.4, -0.2) is 22.9 Å². The Hall–Kier alpha value is -1.45. The van der Waals surface area contributed by atoms with E-state index in [0.717, 1.165) is 18.5 Å². The summed E-state index contributed by atoms with van der Waals surface area (Å²) in [6.07, 6.45) is 2.98. The monoisotopic (exact) mass is 220 g/mol. The molecule has 1 aliphatic carbocycles. The Morgan fingerprint density at radius 3 is 2.81 bits per heavy atom. The van der Waals surface area contributed by atoms with E-state index in [-0.39, 0.29) is 5.82 Å². The van der Waals surface area contributed by atoms with Gasteiger partial charge in [0.15, 0.2) is 12.1 Å². The molecule has 0 unspecified atom stereocenters. The van der Waals surface area contributed by atoms with Crippen LogP contribution in [0.1, 0.15) is 48.9 Å². The lowest BCUT2D eigenvalue weighted by atomic mass is 10.2. The molecule has 0 atom stereocenters. The van der Waals surface area contributed by atoms with Crippen molar-refractivity contribution in [3.05, 3.63) is 17.6 Å². The van der Waals surface area contributed by atoms with Crippen molar-refractivity contribution < 1.29 is 9.53 Å². The number of ether oxygens (including phenoxy) is 1. The van der Waals surface area contributed by atoms with Crippen molar-refractivity contribution >= 4 is 6.29 Å². The van der Waals surface area contributed by atoms with Crippen LogP contribution in [0, 0.1) is 5.92 Å². The number of carbonyl (C=O) groups is 1. The van der Waals surface area contributed by atoms with Gasteiger partial charge < -0.3 is 4.74 Å². The maximum absolute atomic E-state index is 10.7. The molecule has 2 rings (SSSR count). The van der Waals surface area contributed by atoms with Gasteiger partial charge in [0.05, 0.1) is 12.3 Å². The van der Waals surface area contributed by atoms with E-state index >= 15 is 0 Å². The molecule has 0 bridgehead atoms. The number of hydrogen-bond acceptors (Lipinski definition) is 4. The fraction of sp³-hybridized carbons (Fsp3) is 0.583. The van der Waals surface area contributed by atoms with E-state index in [2.05, 4.69) is 23.8 Å². The molecule has 0 spiro atoms. The molecule has 1 heterocycles. The molecule has 1 aliphatic rings. The van der Waals surface area contributed by atoms with Crippen molar-refractivity contribution in [1.29, 1.82) is 0 Å². The maximum atomic E-state index is 10.7. The third kappa shape index (κ3) is 2.78. The standard InChI is InChI=1S/C12H16N2O2/c1-8(2)7-16-12-5-10(9-3-4-9)13-11(6-15)14-12/h5-6,8-9H,3-4,7H2,1-2H3. The van der Waals surface area contributed by atoms with Crippen LogP contribution in [-0.2, 0) is 0 Å². The minimum atomic E-state index is 0.225. The summed E-state index contributed by atoms with van der Waals surface area (Å²) in [5.74, 6) is 1.69. The molecule has 0 aromatic carbocycles. The molecular weight excluding hydrogens is 204 g/mol. The molecule has 1 aromatic heterocycles. The van der Waals surface area contributed by atoms with Crippen molar-refractivity contribution in [1.82, 2.24) is 9.97 Å². The van der Waals surface area contributed by atoms with E-state index in [1.54, 1.807) is 0 Å². The van der Waals surface area contributed by atoms with Crippen LogP contribution in [0.3, 0.4) is 0 Å². The highest BCUT2D eigenvalue weighted by Gasteiger charge is 2.26. The minimum absolute atomic E-state index is 0.225. The van der Waals surface area contributed by atoms with Gasteiger partial charge in [-0.2, -0.15) is 4.98 Å². The zero-order chi connectivity index (χ0) is 11.5. The van der Waals surface area contributed by atoms with Gasteiger partial charge in [-0.25, -0.2) is 4.98 Å². The average Bonchev–Trinajstić information content (AvgIpc) is 3.09. The summed E-state index contributed by atoms with van der Waals surface area (Å²) < 4.78 is 5.52. The third-order valence-corrected chi connectivity index (χ3v) is 2.41. The SMILES string of the molecule is CC(C)COc1cc(C2CC2)nc(C=O)n1. The number of aldehydes is 1. The third-order valence-electron chi connectivity index (χ3n) is 2.41. The van der Waals surface area contributed by atoms with Crippen molar-refractivity contribution in [2.45, 2.75) is 32.6 Å². The first-order valence-corrected chi connectivity index (χ1v) is 5.66. The van der Waals surface area contributed by atoms with Gasteiger partial charge in [0.1, 0.15) is 0 Å². The molecule has 0 N–H and O–H groups in total. The topological polar surface area (TPSA) is 52.1 Å². The smallest absolute Gasteiger partial charge is 0.217 e. The highest BCUT2D eigenvalue weighted by Crippen LogP contribution is 2.39. The van der Waals surface area contributed by atoms with E-state index < -0.39 is 0 Å². The van der Waals surface area contributed by atoms with Gasteiger partial charge in [0.25, 0.3) is 0 Å². The number of aromatic nitrogens is 2. The van der Waals surface area contributed by atoms with Crippen molar-refractivity contribution in [3.63, 3.8) is 0 Å². The first-order chi connectivity index (χ1) is 7.69. The molecule has 1 fully saturated rings. The zero-order valence-electron chi connectivity index (χ0n) is 9.64. The van der Waals surface area contributed by atoms with E-state index in [1.165, 1.54) is 0 Å². The van der Waals surface area contributed by atoms with Crippen molar-refractivity contribution in [3.8, 4) is 5.88 Å². The molecule has 0 amide bonds. The number of nitrogens with zero attached hydrogens (tertiary/aromatic N) is 2. The first-order valence-electron chi connectivity index (χ1n) is 5.66. The van der Waals surface area contributed by atoms with Crippen LogP contribution in [0.2, 0.25) is 0 Å². The predicted molar refractivity (Wildman–Crippen MR) is 59.7 cm³/mol. The molecule has 1 aromatic rings. The normalized spacial score (nSPS) is 15.2. The lowest BCUT2D eigenvalue weighted by molar-refractivity contribution is 0.111. The van der Waals surface area contributed by atoms with E-state index in [4.69, 9.17) is 4.74 Å². The molecule has 0 radical (unpaired) electrons. The van der Waals surface area contributed by atoms with Gasteiger partial charge >= 0.3 is 0 Å². The minimum Gasteiger partial charge on any atom is -0.477 e. The molecule has 0 saturated heterocycles. The van der Waals surface area contributed by atoms with Crippen LogP contribution in [0.4, 0.5) is 0 Å². The van der Waals surface area contributed by atoms with Gasteiger partial charge in [0.2, 0.25) is 5.88 Å². The Balaban J connectivity index is 2.15. The molecule has 1 saturated carbocycles. The fourth-order valence-corrected chi connectivity index (χ4v) is 1.43. The summed E-state index contributed by atoms with van der Waals surface area (Å²) in [6, 6.07) is 1.85. The van der Waals surface area contributed by atoms with Gasteiger partial charge in [-0.1, -0.05) is 13.8 Å². The summed E-state index contributed by atoms with van der Waals surface area (Å²) in [4.78, 5) is 18.9. The highest BCUT2D eigenvalue weighted by molar-refractivity contribution is 5.69. The number of hydrogen-bond donors (Lipinski definition) is 0. The Morgan fingerprint density at radius 2 is 2.25 bits per heavy atom. The van der Waals surface area contributed by atoms with E-state index in [1.807, 2.05) is 6.07 Å². The Kier molecular flexibility index (Phi) is 3.17. The molecule has 0 aliphatic heterocycles. The van der Waals surface area contributed by atoms with Gasteiger partial charge in [-0.3, -0.25) is 4.79 Å². The second-order valence-corrected chi connectivity index (χ2v) is 4.59. The molecular formula is C12H16N2O2. The largest absolute Gasteiger partial charge is 0.477 e. The van der Waals surface area contributed by atoms with Crippen LogP contribution in [0.15, 0.2) is 6.07 Å².